The first kappa shape index (κ1) is 23.3. The molecule has 0 radical (unpaired) electrons. The molecule has 5 aromatic rings. The lowest BCUT2D eigenvalue weighted by Crippen LogP contribution is -2.46. The highest BCUT2D eigenvalue weighted by Crippen LogP contribution is 2.33. The predicted molar refractivity (Wildman–Crippen MR) is 141 cm³/mol. The number of ether oxygens (including phenoxy) is 2. The summed E-state index contributed by atoms with van der Waals surface area (Å²) in [7, 11) is 0. The lowest BCUT2D eigenvalue weighted by molar-refractivity contribution is -0.142. The zero-order chi connectivity index (χ0) is 25.2. The van der Waals surface area contributed by atoms with Gasteiger partial charge in [-0.2, -0.15) is 5.10 Å². The molecule has 1 fully saturated rings. The van der Waals surface area contributed by atoms with Crippen LogP contribution in [0.3, 0.4) is 0 Å². The van der Waals surface area contributed by atoms with E-state index in [0.29, 0.717) is 49.8 Å². The number of carbonyl (C=O) groups is 1. The van der Waals surface area contributed by atoms with Gasteiger partial charge in [0.1, 0.15) is 22.9 Å². The summed E-state index contributed by atoms with van der Waals surface area (Å²) in [5.41, 5.74) is 2.60. The molecule has 3 aromatic heterocycles. The van der Waals surface area contributed by atoms with Crippen molar-refractivity contribution in [3.05, 3.63) is 65.5 Å². The molecule has 1 atom stereocenters. The largest absolute Gasteiger partial charge is 0.480 e. The molecule has 11 heteroatoms. The van der Waals surface area contributed by atoms with Crippen molar-refractivity contribution in [1.82, 2.24) is 29.6 Å². The third kappa shape index (κ3) is 4.83. The summed E-state index contributed by atoms with van der Waals surface area (Å²) in [6, 6.07) is 11.7. The summed E-state index contributed by atoms with van der Waals surface area (Å²) in [5, 5.41) is 12.6. The Morgan fingerprint density at radius 2 is 2.08 bits per heavy atom. The van der Waals surface area contributed by atoms with E-state index in [1.165, 1.54) is 6.33 Å². The summed E-state index contributed by atoms with van der Waals surface area (Å²) in [5.74, 6) is 1.08. The predicted octanol–water partition coefficient (Wildman–Crippen LogP) is 3.85. The molecule has 6 rings (SSSR count). The van der Waals surface area contributed by atoms with E-state index in [0.717, 1.165) is 27.1 Å². The second-order valence-corrected chi connectivity index (χ2v) is 9.68. The Bertz CT molecular complexity index is 1540. The molecule has 1 amide bonds. The quantitative estimate of drug-likeness (QED) is 0.348. The number of carbonyl (C=O) groups excluding carboxylic acids is 1. The summed E-state index contributed by atoms with van der Waals surface area (Å²) in [6.45, 7) is 4.63. The lowest BCUT2D eigenvalue weighted by atomic mass is 10.2. The smallest absolute Gasteiger partial charge is 0.263 e. The number of morpholine rings is 1. The summed E-state index contributed by atoms with van der Waals surface area (Å²) in [4.78, 5) is 28.0. The average molecular weight is 516 g/mol. The van der Waals surface area contributed by atoms with Crippen LogP contribution in [0.1, 0.15) is 11.9 Å². The van der Waals surface area contributed by atoms with Crippen molar-refractivity contribution in [2.24, 2.45) is 0 Å². The van der Waals surface area contributed by atoms with Crippen LogP contribution in [0.25, 0.3) is 21.8 Å². The minimum atomic E-state index is -0.656. The van der Waals surface area contributed by atoms with Crippen LogP contribution < -0.4 is 10.1 Å². The number of fused-ring (bicyclic) bond motifs is 2. The van der Waals surface area contributed by atoms with E-state index in [4.69, 9.17) is 9.47 Å². The molecule has 0 spiro atoms. The Labute approximate surface area is 216 Å². The lowest BCUT2D eigenvalue weighted by Gasteiger charge is -2.29. The summed E-state index contributed by atoms with van der Waals surface area (Å²) >= 11 is 1.61. The molecule has 1 aliphatic heterocycles. The van der Waals surface area contributed by atoms with E-state index < -0.39 is 6.10 Å². The number of thiazole rings is 1. The number of hydrogen-bond donors (Lipinski definition) is 1. The van der Waals surface area contributed by atoms with Gasteiger partial charge in [-0.15, -0.1) is 11.3 Å². The number of anilines is 2. The molecule has 37 heavy (non-hydrogen) atoms. The van der Waals surface area contributed by atoms with Crippen LogP contribution in [-0.4, -0.2) is 67.9 Å². The minimum Gasteiger partial charge on any atom is -0.480 e. The Balaban J connectivity index is 1.27. The SMILES string of the molecule is C[C@H](Oc1cccc2ncnc(Nc3ccc4c(cnn4Cc4nccs4)c3)c12)C(=O)N1CCOCC1. The number of benzene rings is 2. The Morgan fingerprint density at radius 1 is 1.19 bits per heavy atom. The van der Waals surface area contributed by atoms with Crippen LogP contribution >= 0.6 is 11.3 Å². The number of aromatic nitrogens is 5. The van der Waals surface area contributed by atoms with Gasteiger partial charge in [0.25, 0.3) is 5.91 Å². The van der Waals surface area contributed by atoms with Crippen LogP contribution in [0.4, 0.5) is 11.5 Å². The first-order valence-corrected chi connectivity index (χ1v) is 12.9. The number of rotatable bonds is 7. The van der Waals surface area contributed by atoms with E-state index in [9.17, 15) is 4.79 Å². The van der Waals surface area contributed by atoms with Crippen LogP contribution in [0.2, 0.25) is 0 Å². The fraction of sp³-hybridized carbons (Fsp3) is 0.269. The van der Waals surface area contributed by atoms with Gasteiger partial charge in [0.15, 0.2) is 6.10 Å². The second kappa shape index (κ2) is 10.1. The van der Waals surface area contributed by atoms with Gasteiger partial charge in [0.05, 0.1) is 42.4 Å². The molecule has 10 nitrogen and oxygen atoms in total. The van der Waals surface area contributed by atoms with Gasteiger partial charge in [-0.3, -0.25) is 9.48 Å². The third-order valence-corrected chi connectivity index (χ3v) is 7.04. The molecule has 4 heterocycles. The van der Waals surface area contributed by atoms with Crippen molar-refractivity contribution in [3.63, 3.8) is 0 Å². The number of nitrogens with zero attached hydrogens (tertiary/aromatic N) is 6. The Morgan fingerprint density at radius 3 is 2.92 bits per heavy atom. The Kier molecular flexibility index (Phi) is 6.37. The molecule has 2 aromatic carbocycles. The highest BCUT2D eigenvalue weighted by Gasteiger charge is 2.25. The van der Waals surface area contributed by atoms with Crippen molar-refractivity contribution in [3.8, 4) is 5.75 Å². The van der Waals surface area contributed by atoms with Crippen LogP contribution in [0.15, 0.2) is 60.5 Å². The molecule has 188 valence electrons. The van der Waals surface area contributed by atoms with Crippen molar-refractivity contribution in [2.45, 2.75) is 19.6 Å². The highest BCUT2D eigenvalue weighted by molar-refractivity contribution is 7.09. The minimum absolute atomic E-state index is 0.0631. The van der Waals surface area contributed by atoms with E-state index in [1.54, 1.807) is 29.4 Å². The topological polar surface area (TPSA) is 107 Å². The monoisotopic (exact) mass is 515 g/mol. The van der Waals surface area contributed by atoms with Crippen LogP contribution in [0, 0.1) is 0 Å². The second-order valence-electron chi connectivity index (χ2n) is 8.70. The molecule has 0 aliphatic carbocycles. The van der Waals surface area contributed by atoms with Gasteiger partial charge in [0, 0.05) is 35.7 Å². The number of amides is 1. The fourth-order valence-corrected chi connectivity index (χ4v) is 5.04. The number of hydrogen-bond acceptors (Lipinski definition) is 9. The van der Waals surface area contributed by atoms with E-state index in [-0.39, 0.29) is 5.91 Å². The van der Waals surface area contributed by atoms with Crippen molar-refractivity contribution >= 4 is 50.6 Å². The van der Waals surface area contributed by atoms with Crippen molar-refractivity contribution < 1.29 is 14.3 Å². The van der Waals surface area contributed by atoms with E-state index in [1.807, 2.05) is 52.7 Å². The Hall–Kier alpha value is -4.09. The van der Waals surface area contributed by atoms with Crippen molar-refractivity contribution in [1.29, 1.82) is 0 Å². The van der Waals surface area contributed by atoms with Crippen molar-refractivity contribution in [2.75, 3.05) is 31.6 Å². The summed E-state index contributed by atoms with van der Waals surface area (Å²) in [6.07, 6.45) is 4.51. The zero-order valence-corrected chi connectivity index (χ0v) is 21.0. The van der Waals surface area contributed by atoms with Gasteiger partial charge < -0.3 is 19.7 Å². The normalized spacial score (nSPS) is 14.7. The molecule has 1 aliphatic rings. The molecule has 1 saturated heterocycles. The summed E-state index contributed by atoms with van der Waals surface area (Å²) < 4.78 is 13.5. The van der Waals surface area contributed by atoms with Gasteiger partial charge in [-0.25, -0.2) is 15.0 Å². The molecular weight excluding hydrogens is 490 g/mol. The molecule has 0 saturated carbocycles. The maximum absolute atomic E-state index is 12.9. The zero-order valence-electron chi connectivity index (χ0n) is 20.2. The molecular formula is C26H25N7O3S. The van der Waals surface area contributed by atoms with Gasteiger partial charge in [-0.05, 0) is 37.3 Å². The number of nitrogens with one attached hydrogen (secondary N) is 1. The maximum atomic E-state index is 12.9. The molecule has 0 bridgehead atoms. The van der Waals surface area contributed by atoms with Crippen LogP contribution in [0.5, 0.6) is 5.75 Å². The maximum Gasteiger partial charge on any atom is 0.263 e. The van der Waals surface area contributed by atoms with Gasteiger partial charge in [-0.1, -0.05) is 6.07 Å². The first-order valence-electron chi connectivity index (χ1n) is 12.0. The third-order valence-electron chi connectivity index (χ3n) is 6.27. The van der Waals surface area contributed by atoms with Gasteiger partial charge >= 0.3 is 0 Å². The van der Waals surface area contributed by atoms with Gasteiger partial charge in [0.2, 0.25) is 0 Å². The van der Waals surface area contributed by atoms with E-state index >= 15 is 0 Å². The van der Waals surface area contributed by atoms with E-state index in [2.05, 4.69) is 25.4 Å². The first-order chi connectivity index (χ1) is 18.2. The molecule has 1 N–H and O–H groups in total. The van der Waals surface area contributed by atoms with Crippen LogP contribution in [-0.2, 0) is 16.1 Å². The average Bonchev–Trinajstić information content (AvgIpc) is 3.59. The highest BCUT2D eigenvalue weighted by atomic mass is 32.1. The standard InChI is InChI=1S/C26H25N7O3S/c1-17(26(34)32-8-10-35-11-9-32)36-22-4-2-3-20-24(22)25(29-16-28-20)31-19-5-6-21-18(13-19)14-30-33(21)15-23-27-7-12-37-23/h2-7,12-14,16-17H,8-11,15H2,1H3,(H,28,29,31)/t17-/m0/s1. The molecule has 0 unspecified atom stereocenters. The fourth-order valence-electron chi connectivity index (χ4n) is 4.44.